The maximum absolute atomic E-state index is 6.19. The van der Waals surface area contributed by atoms with Crippen molar-refractivity contribution in [3.05, 3.63) is 52.0 Å². The van der Waals surface area contributed by atoms with Crippen molar-refractivity contribution in [2.24, 2.45) is 0 Å². The minimum absolute atomic E-state index is 0.204. The topological polar surface area (TPSA) is 34.6 Å². The predicted molar refractivity (Wildman–Crippen MR) is 95.0 cm³/mol. The Bertz CT molecular complexity index is 660. The van der Waals surface area contributed by atoms with Crippen LogP contribution >= 0.6 is 11.3 Å². The van der Waals surface area contributed by atoms with Crippen LogP contribution in [0, 0.1) is 6.92 Å². The van der Waals surface area contributed by atoms with Crippen LogP contribution < -0.4 is 0 Å². The fraction of sp³-hybridized carbons (Fsp3) is 0.526. The van der Waals surface area contributed by atoms with Crippen molar-refractivity contribution in [1.29, 1.82) is 0 Å². The van der Waals surface area contributed by atoms with E-state index in [1.54, 1.807) is 0 Å². The zero-order valence-corrected chi connectivity index (χ0v) is 14.9. The molecule has 4 rings (SSSR count). The van der Waals surface area contributed by atoms with Gasteiger partial charge in [-0.15, -0.1) is 11.3 Å². The van der Waals surface area contributed by atoms with Crippen LogP contribution in [-0.2, 0) is 22.6 Å². The lowest BCUT2D eigenvalue weighted by Gasteiger charge is -2.39. The molecule has 3 heterocycles. The molecule has 0 bridgehead atoms. The number of pyridine rings is 1. The minimum atomic E-state index is 0.204. The summed E-state index contributed by atoms with van der Waals surface area (Å²) in [6.45, 7) is 5.73. The Hall–Kier alpha value is -1.27. The molecule has 2 aromatic rings. The van der Waals surface area contributed by atoms with E-state index in [0.717, 1.165) is 32.5 Å². The first-order valence-electron chi connectivity index (χ1n) is 8.70. The Morgan fingerprint density at radius 2 is 2.17 bits per heavy atom. The number of rotatable bonds is 5. The molecule has 24 heavy (non-hydrogen) atoms. The first kappa shape index (κ1) is 16.2. The number of nitrogens with zero attached hydrogens (tertiary/aromatic N) is 2. The zero-order valence-electron chi connectivity index (χ0n) is 14.1. The van der Waals surface area contributed by atoms with Gasteiger partial charge in [-0.1, -0.05) is 0 Å². The van der Waals surface area contributed by atoms with Crippen molar-refractivity contribution < 1.29 is 9.47 Å². The maximum atomic E-state index is 6.19. The number of hydrogen-bond donors (Lipinski definition) is 0. The van der Waals surface area contributed by atoms with Gasteiger partial charge in [0, 0.05) is 36.4 Å². The molecule has 0 radical (unpaired) electrons. The van der Waals surface area contributed by atoms with Crippen LogP contribution in [-0.4, -0.2) is 41.3 Å². The maximum Gasteiger partial charge on any atom is 0.0992 e. The number of fused-ring (bicyclic) bond motifs is 1. The lowest BCUT2D eigenvalue weighted by atomic mass is 10.1. The van der Waals surface area contributed by atoms with Gasteiger partial charge in [-0.05, 0) is 54.5 Å². The molecular formula is C19H24N2O2S. The van der Waals surface area contributed by atoms with E-state index in [9.17, 15) is 0 Å². The molecule has 2 aliphatic rings. The van der Waals surface area contributed by atoms with Gasteiger partial charge in [-0.3, -0.25) is 9.88 Å². The Kier molecular flexibility index (Phi) is 4.94. The van der Waals surface area contributed by atoms with Crippen molar-refractivity contribution in [1.82, 2.24) is 9.88 Å². The van der Waals surface area contributed by atoms with Crippen LogP contribution in [0.1, 0.15) is 28.8 Å². The minimum Gasteiger partial charge on any atom is -0.373 e. The summed E-state index contributed by atoms with van der Waals surface area (Å²) < 4.78 is 12.3. The smallest absolute Gasteiger partial charge is 0.0992 e. The van der Waals surface area contributed by atoms with Gasteiger partial charge in [0.25, 0.3) is 0 Å². The van der Waals surface area contributed by atoms with E-state index >= 15 is 0 Å². The number of aromatic nitrogens is 1. The normalized spacial score (nSPS) is 27.3. The fourth-order valence-corrected chi connectivity index (χ4v) is 4.73. The highest BCUT2D eigenvalue weighted by atomic mass is 32.1. The number of ether oxygens (including phenoxy) is 2. The van der Waals surface area contributed by atoms with Gasteiger partial charge in [0.1, 0.15) is 0 Å². The average molecular weight is 344 g/mol. The second kappa shape index (κ2) is 7.31. The molecular weight excluding hydrogens is 320 g/mol. The third-order valence-electron chi connectivity index (χ3n) is 5.18. The van der Waals surface area contributed by atoms with E-state index in [4.69, 9.17) is 9.47 Å². The Morgan fingerprint density at radius 1 is 1.29 bits per heavy atom. The van der Waals surface area contributed by atoms with Gasteiger partial charge in [0.15, 0.2) is 0 Å². The van der Waals surface area contributed by atoms with E-state index in [2.05, 4.69) is 28.3 Å². The molecule has 3 atom stereocenters. The molecule has 1 saturated heterocycles. The highest BCUT2D eigenvalue weighted by Crippen LogP contribution is 2.34. The van der Waals surface area contributed by atoms with E-state index in [-0.39, 0.29) is 12.2 Å². The summed E-state index contributed by atoms with van der Waals surface area (Å²) in [5, 5.41) is 2.19. The number of hydrogen-bond acceptors (Lipinski definition) is 5. The van der Waals surface area contributed by atoms with Gasteiger partial charge < -0.3 is 9.47 Å². The summed E-state index contributed by atoms with van der Waals surface area (Å²) in [5.41, 5.74) is 2.59. The van der Waals surface area contributed by atoms with E-state index in [1.165, 1.54) is 16.0 Å². The predicted octanol–water partition coefficient (Wildman–Crippen LogP) is 3.40. The lowest BCUT2D eigenvalue weighted by molar-refractivity contribution is -0.118. The molecule has 128 valence electrons. The molecule has 0 amide bonds. The Morgan fingerprint density at radius 3 is 2.96 bits per heavy atom. The second-order valence-corrected chi connectivity index (χ2v) is 7.68. The Labute approximate surface area is 147 Å². The van der Waals surface area contributed by atoms with Crippen molar-refractivity contribution in [3.63, 3.8) is 0 Å². The summed E-state index contributed by atoms with van der Waals surface area (Å²) >= 11 is 1.87. The number of thiophene rings is 1. The van der Waals surface area contributed by atoms with Crippen LogP contribution in [0.3, 0.4) is 0 Å². The molecule has 1 aliphatic carbocycles. The van der Waals surface area contributed by atoms with Crippen molar-refractivity contribution >= 4 is 11.3 Å². The van der Waals surface area contributed by atoms with Gasteiger partial charge in [-0.2, -0.15) is 0 Å². The van der Waals surface area contributed by atoms with Crippen molar-refractivity contribution in [2.45, 2.75) is 51.2 Å². The van der Waals surface area contributed by atoms with Gasteiger partial charge in [-0.25, -0.2) is 0 Å². The van der Waals surface area contributed by atoms with Crippen LogP contribution in [0.2, 0.25) is 0 Å². The van der Waals surface area contributed by atoms with Gasteiger partial charge in [0.05, 0.1) is 25.4 Å². The highest BCUT2D eigenvalue weighted by molar-refractivity contribution is 7.10. The molecule has 0 N–H and O–H groups in total. The monoisotopic (exact) mass is 344 g/mol. The first-order chi connectivity index (χ1) is 11.8. The summed E-state index contributed by atoms with van der Waals surface area (Å²) in [6, 6.07) is 6.73. The Balaban J connectivity index is 1.38. The van der Waals surface area contributed by atoms with Crippen molar-refractivity contribution in [2.75, 3.05) is 13.2 Å². The third kappa shape index (κ3) is 3.40. The number of aryl methyl sites for hydroxylation is 1. The summed E-state index contributed by atoms with van der Waals surface area (Å²) in [4.78, 5) is 8.14. The van der Waals surface area contributed by atoms with Crippen molar-refractivity contribution in [3.8, 4) is 0 Å². The second-order valence-electron chi connectivity index (χ2n) is 6.68. The quantitative estimate of drug-likeness (QED) is 0.833. The van der Waals surface area contributed by atoms with E-state index in [0.29, 0.717) is 12.6 Å². The van der Waals surface area contributed by atoms with Crippen LogP contribution in [0.25, 0.3) is 0 Å². The van der Waals surface area contributed by atoms with Crippen LogP contribution in [0.4, 0.5) is 0 Å². The summed E-state index contributed by atoms with van der Waals surface area (Å²) in [6.07, 6.45) is 6.30. The largest absolute Gasteiger partial charge is 0.373 e. The average Bonchev–Trinajstić information content (AvgIpc) is 3.21. The van der Waals surface area contributed by atoms with E-state index in [1.807, 2.05) is 35.9 Å². The van der Waals surface area contributed by atoms with Gasteiger partial charge >= 0.3 is 0 Å². The molecule has 4 nitrogen and oxygen atoms in total. The number of morpholine rings is 1. The van der Waals surface area contributed by atoms with Gasteiger partial charge in [0.2, 0.25) is 0 Å². The summed E-state index contributed by atoms with van der Waals surface area (Å²) in [7, 11) is 0. The third-order valence-corrected chi connectivity index (χ3v) is 6.19. The van der Waals surface area contributed by atoms with Crippen LogP contribution in [0.15, 0.2) is 36.0 Å². The molecule has 1 aliphatic heterocycles. The zero-order chi connectivity index (χ0) is 16.4. The molecule has 5 heteroatoms. The fourth-order valence-electron chi connectivity index (χ4n) is 3.80. The molecule has 2 aromatic heterocycles. The molecule has 0 spiro atoms. The highest BCUT2D eigenvalue weighted by Gasteiger charge is 2.43. The molecule has 1 saturated carbocycles. The molecule has 2 fully saturated rings. The standard InChI is InChI=1S/C19H24N2O2S/c1-14-6-11-24-18(14)12-21-9-10-22-19-16(21)2-3-17(19)23-13-15-4-7-20-8-5-15/h4-8,11,16-17,19H,2-3,9-10,12-13H2,1H3/t16-,17-,19+/m0/s1. The molecule has 0 aromatic carbocycles. The lowest BCUT2D eigenvalue weighted by Crippen LogP contribution is -2.51. The van der Waals surface area contributed by atoms with E-state index < -0.39 is 0 Å². The van der Waals surface area contributed by atoms with Crippen LogP contribution in [0.5, 0.6) is 0 Å². The summed E-state index contributed by atoms with van der Waals surface area (Å²) in [5.74, 6) is 0. The first-order valence-corrected chi connectivity index (χ1v) is 9.58. The molecule has 0 unspecified atom stereocenters. The SMILES string of the molecule is Cc1ccsc1CN1CCO[C@H]2[C@@H](OCc3ccncc3)CC[C@@H]21.